The number of aromatic hydroxyl groups is 1. The van der Waals surface area contributed by atoms with Crippen LogP contribution in [0.3, 0.4) is 0 Å². The zero-order valence-corrected chi connectivity index (χ0v) is 13.8. The number of ketones is 1. The number of hydrogen-bond donors (Lipinski definition) is 1. The van der Waals surface area contributed by atoms with E-state index in [2.05, 4.69) is 6.58 Å². The average molecular weight is 324 g/mol. The third kappa shape index (κ3) is 4.04. The Hall–Kier alpha value is -3.01. The minimum atomic E-state index is -0.150. The van der Waals surface area contributed by atoms with E-state index in [0.717, 1.165) is 11.1 Å². The summed E-state index contributed by atoms with van der Waals surface area (Å²) in [6.07, 6.45) is 5.60. The van der Waals surface area contributed by atoms with Crippen LogP contribution in [-0.4, -0.2) is 25.1 Å². The van der Waals surface area contributed by atoms with Gasteiger partial charge >= 0.3 is 0 Å². The zero-order chi connectivity index (χ0) is 17.5. The van der Waals surface area contributed by atoms with Crippen LogP contribution in [0.5, 0.6) is 17.2 Å². The topological polar surface area (TPSA) is 55.8 Å². The Bertz CT molecular complexity index is 733. The molecule has 2 aromatic carbocycles. The molecule has 0 bridgehead atoms. The second-order valence-corrected chi connectivity index (χ2v) is 5.14. The lowest BCUT2D eigenvalue weighted by molar-refractivity contribution is 0.104. The fourth-order valence-corrected chi connectivity index (χ4v) is 2.34. The number of phenols is 1. The van der Waals surface area contributed by atoms with Crippen molar-refractivity contribution in [2.24, 2.45) is 0 Å². The first-order valence-electron chi connectivity index (χ1n) is 7.46. The molecule has 24 heavy (non-hydrogen) atoms. The lowest BCUT2D eigenvalue weighted by Crippen LogP contribution is -1.97. The van der Waals surface area contributed by atoms with Crippen LogP contribution in [0, 0.1) is 0 Å². The number of carbonyl (C=O) groups excluding carboxylic acids is 1. The third-order valence-corrected chi connectivity index (χ3v) is 3.56. The van der Waals surface area contributed by atoms with E-state index in [-0.39, 0.29) is 11.5 Å². The van der Waals surface area contributed by atoms with Crippen LogP contribution < -0.4 is 9.47 Å². The predicted octanol–water partition coefficient (Wildman–Crippen LogP) is 4.03. The van der Waals surface area contributed by atoms with Crippen LogP contribution in [-0.2, 0) is 6.42 Å². The number of phenolic OH excluding ortho intramolecular Hbond substituents is 1. The smallest absolute Gasteiger partial charge is 0.185 e. The van der Waals surface area contributed by atoms with Gasteiger partial charge in [0.1, 0.15) is 17.2 Å². The van der Waals surface area contributed by atoms with Crippen LogP contribution in [0.1, 0.15) is 21.5 Å². The molecule has 2 rings (SSSR count). The third-order valence-electron chi connectivity index (χ3n) is 3.56. The van der Waals surface area contributed by atoms with E-state index in [4.69, 9.17) is 9.47 Å². The van der Waals surface area contributed by atoms with E-state index in [1.54, 1.807) is 38.5 Å². The number of allylic oxidation sites excluding steroid dienone is 2. The van der Waals surface area contributed by atoms with Gasteiger partial charge in [0.2, 0.25) is 0 Å². The molecular weight excluding hydrogens is 304 g/mol. The number of hydrogen-bond acceptors (Lipinski definition) is 4. The summed E-state index contributed by atoms with van der Waals surface area (Å²) in [4.78, 5) is 12.2. The first-order valence-corrected chi connectivity index (χ1v) is 7.46. The maximum Gasteiger partial charge on any atom is 0.185 e. The van der Waals surface area contributed by atoms with Crippen LogP contribution in [0.15, 0.2) is 55.1 Å². The molecule has 4 nitrogen and oxygen atoms in total. The van der Waals surface area contributed by atoms with E-state index in [0.29, 0.717) is 23.5 Å². The largest absolute Gasteiger partial charge is 0.508 e. The van der Waals surface area contributed by atoms with Crippen molar-refractivity contribution in [2.75, 3.05) is 14.2 Å². The molecule has 2 aromatic rings. The number of carbonyl (C=O) groups is 1. The molecule has 0 heterocycles. The highest BCUT2D eigenvalue weighted by atomic mass is 16.5. The van der Waals surface area contributed by atoms with Gasteiger partial charge < -0.3 is 14.6 Å². The highest BCUT2D eigenvalue weighted by molar-refractivity contribution is 6.06. The van der Waals surface area contributed by atoms with Crippen LogP contribution in [0.4, 0.5) is 0 Å². The van der Waals surface area contributed by atoms with E-state index in [1.807, 2.05) is 12.1 Å². The molecule has 0 unspecified atom stereocenters. The SMILES string of the molecule is C=CCc1c(OC)cc(/C=C/C(=O)c2ccc(O)cc2)cc1OC. The van der Waals surface area contributed by atoms with Gasteiger partial charge in [0, 0.05) is 11.1 Å². The molecule has 0 aliphatic heterocycles. The van der Waals surface area contributed by atoms with Gasteiger partial charge in [-0.15, -0.1) is 6.58 Å². The summed E-state index contributed by atoms with van der Waals surface area (Å²) in [6.45, 7) is 3.74. The molecule has 0 saturated carbocycles. The molecular formula is C20H20O4. The lowest BCUT2D eigenvalue weighted by Gasteiger charge is -2.13. The Morgan fingerprint density at radius 1 is 1.12 bits per heavy atom. The predicted molar refractivity (Wildman–Crippen MR) is 94.9 cm³/mol. The van der Waals surface area contributed by atoms with Crippen molar-refractivity contribution in [3.05, 3.63) is 71.8 Å². The average Bonchev–Trinajstić information content (AvgIpc) is 2.61. The van der Waals surface area contributed by atoms with Crippen molar-refractivity contribution in [3.63, 3.8) is 0 Å². The molecule has 4 heteroatoms. The zero-order valence-electron chi connectivity index (χ0n) is 13.8. The number of benzene rings is 2. The van der Waals surface area contributed by atoms with Crippen molar-refractivity contribution >= 4 is 11.9 Å². The molecule has 0 aromatic heterocycles. The van der Waals surface area contributed by atoms with Crippen molar-refractivity contribution < 1.29 is 19.4 Å². The molecule has 0 saturated heterocycles. The monoisotopic (exact) mass is 324 g/mol. The van der Waals surface area contributed by atoms with E-state index < -0.39 is 0 Å². The molecule has 0 atom stereocenters. The van der Waals surface area contributed by atoms with Crippen molar-refractivity contribution in [1.82, 2.24) is 0 Å². The van der Waals surface area contributed by atoms with Crippen LogP contribution in [0.2, 0.25) is 0 Å². The first-order chi connectivity index (χ1) is 11.6. The Morgan fingerprint density at radius 3 is 2.21 bits per heavy atom. The molecule has 0 aliphatic rings. The van der Waals surface area contributed by atoms with Crippen LogP contribution >= 0.6 is 0 Å². The standard InChI is InChI=1S/C20H20O4/c1-4-5-17-19(23-2)12-14(13-20(17)24-3)6-11-18(22)15-7-9-16(21)10-8-15/h4,6-13,21H,1,5H2,2-3H3/b11-6+. The van der Waals surface area contributed by atoms with Gasteiger partial charge in [-0.3, -0.25) is 4.79 Å². The lowest BCUT2D eigenvalue weighted by atomic mass is 10.0. The second-order valence-electron chi connectivity index (χ2n) is 5.14. The highest BCUT2D eigenvalue weighted by Gasteiger charge is 2.10. The highest BCUT2D eigenvalue weighted by Crippen LogP contribution is 2.31. The van der Waals surface area contributed by atoms with Crippen LogP contribution in [0.25, 0.3) is 6.08 Å². The summed E-state index contributed by atoms with van der Waals surface area (Å²) in [5.74, 6) is 1.35. The minimum Gasteiger partial charge on any atom is -0.508 e. The van der Waals surface area contributed by atoms with Gasteiger partial charge in [-0.05, 0) is 54.5 Å². The summed E-state index contributed by atoms with van der Waals surface area (Å²) in [6, 6.07) is 9.82. The van der Waals surface area contributed by atoms with Gasteiger partial charge in [0.15, 0.2) is 5.78 Å². The van der Waals surface area contributed by atoms with Crippen molar-refractivity contribution in [2.45, 2.75) is 6.42 Å². The fourth-order valence-electron chi connectivity index (χ4n) is 2.34. The number of ether oxygens (including phenoxy) is 2. The molecule has 124 valence electrons. The van der Waals surface area contributed by atoms with Gasteiger partial charge in [0.05, 0.1) is 14.2 Å². The molecule has 0 amide bonds. The van der Waals surface area contributed by atoms with Gasteiger partial charge in [0.25, 0.3) is 0 Å². The Morgan fingerprint density at radius 2 is 1.71 bits per heavy atom. The van der Waals surface area contributed by atoms with Crippen molar-refractivity contribution in [3.8, 4) is 17.2 Å². The maximum atomic E-state index is 12.2. The van der Waals surface area contributed by atoms with Crippen molar-refractivity contribution in [1.29, 1.82) is 0 Å². The quantitative estimate of drug-likeness (QED) is 0.474. The number of methoxy groups -OCH3 is 2. The van der Waals surface area contributed by atoms with Gasteiger partial charge in [-0.1, -0.05) is 12.2 Å². The van der Waals surface area contributed by atoms with E-state index in [9.17, 15) is 9.90 Å². The minimum absolute atomic E-state index is 0.128. The Labute approximate surface area is 141 Å². The summed E-state index contributed by atoms with van der Waals surface area (Å²) >= 11 is 0. The molecule has 0 aliphatic carbocycles. The van der Waals surface area contributed by atoms with E-state index >= 15 is 0 Å². The Balaban J connectivity index is 2.29. The normalized spacial score (nSPS) is 10.6. The second kappa shape index (κ2) is 8.02. The van der Waals surface area contributed by atoms with Gasteiger partial charge in [-0.25, -0.2) is 0 Å². The summed E-state index contributed by atoms with van der Waals surface area (Å²) in [5, 5.41) is 9.27. The van der Waals surface area contributed by atoms with E-state index in [1.165, 1.54) is 18.2 Å². The Kier molecular flexibility index (Phi) is 5.79. The summed E-state index contributed by atoms with van der Waals surface area (Å²) < 4.78 is 10.8. The molecule has 0 spiro atoms. The molecule has 1 N–H and O–H groups in total. The molecule has 0 radical (unpaired) electrons. The summed E-state index contributed by atoms with van der Waals surface area (Å²) in [7, 11) is 3.19. The van der Waals surface area contributed by atoms with Gasteiger partial charge in [-0.2, -0.15) is 0 Å². The molecule has 0 fully saturated rings. The fraction of sp³-hybridized carbons (Fsp3) is 0.150. The summed E-state index contributed by atoms with van der Waals surface area (Å²) in [5.41, 5.74) is 2.21. The first kappa shape index (κ1) is 17.3. The maximum absolute atomic E-state index is 12.2. The number of rotatable bonds is 7.